The minimum absolute atomic E-state index is 0.114. The summed E-state index contributed by atoms with van der Waals surface area (Å²) in [5, 5.41) is 4.16. The molecule has 6 nitrogen and oxygen atoms in total. The molecule has 0 saturated carbocycles. The SMILES string of the molecule is CC(CN1CCN(c2cc(-c3ccccc3)no2)CC1)C(N)=O. The van der Waals surface area contributed by atoms with Gasteiger partial charge < -0.3 is 15.2 Å². The Labute approximate surface area is 135 Å². The normalized spacial score (nSPS) is 17.2. The monoisotopic (exact) mass is 314 g/mol. The number of anilines is 1. The molecule has 1 saturated heterocycles. The lowest BCUT2D eigenvalue weighted by Crippen LogP contribution is -2.48. The van der Waals surface area contributed by atoms with Gasteiger partial charge in [0, 0.05) is 50.3 Å². The first-order valence-electron chi connectivity index (χ1n) is 7.92. The van der Waals surface area contributed by atoms with Crippen LogP contribution in [-0.4, -0.2) is 48.7 Å². The highest BCUT2D eigenvalue weighted by molar-refractivity contribution is 5.76. The van der Waals surface area contributed by atoms with E-state index in [2.05, 4.69) is 15.0 Å². The molecule has 0 aliphatic carbocycles. The first-order chi connectivity index (χ1) is 11.1. The van der Waals surface area contributed by atoms with Crippen LogP contribution in [0.15, 0.2) is 40.9 Å². The number of nitrogens with two attached hydrogens (primary N) is 1. The van der Waals surface area contributed by atoms with Crippen molar-refractivity contribution in [2.24, 2.45) is 11.7 Å². The van der Waals surface area contributed by atoms with E-state index in [1.807, 2.05) is 43.3 Å². The smallest absolute Gasteiger partial charge is 0.227 e. The summed E-state index contributed by atoms with van der Waals surface area (Å²) < 4.78 is 5.50. The maximum Gasteiger partial charge on any atom is 0.227 e. The van der Waals surface area contributed by atoms with Crippen molar-refractivity contribution >= 4 is 11.8 Å². The highest BCUT2D eigenvalue weighted by atomic mass is 16.5. The number of amides is 1. The van der Waals surface area contributed by atoms with Crippen molar-refractivity contribution < 1.29 is 9.32 Å². The van der Waals surface area contributed by atoms with Crippen LogP contribution in [0.3, 0.4) is 0 Å². The first-order valence-corrected chi connectivity index (χ1v) is 7.92. The van der Waals surface area contributed by atoms with Gasteiger partial charge in [-0.1, -0.05) is 42.4 Å². The van der Waals surface area contributed by atoms with Crippen molar-refractivity contribution in [2.75, 3.05) is 37.6 Å². The minimum Gasteiger partial charge on any atom is -0.369 e. The molecular weight excluding hydrogens is 292 g/mol. The molecule has 1 fully saturated rings. The molecule has 1 unspecified atom stereocenters. The van der Waals surface area contributed by atoms with Gasteiger partial charge in [0.25, 0.3) is 0 Å². The summed E-state index contributed by atoms with van der Waals surface area (Å²) in [7, 11) is 0. The second-order valence-corrected chi connectivity index (χ2v) is 6.01. The molecule has 2 aromatic rings. The Balaban J connectivity index is 1.58. The highest BCUT2D eigenvalue weighted by Gasteiger charge is 2.22. The summed E-state index contributed by atoms with van der Waals surface area (Å²) in [5.41, 5.74) is 7.23. The maximum atomic E-state index is 11.2. The van der Waals surface area contributed by atoms with Gasteiger partial charge in [-0.25, -0.2) is 0 Å². The average Bonchev–Trinajstić information content (AvgIpc) is 3.06. The van der Waals surface area contributed by atoms with Crippen LogP contribution in [0.25, 0.3) is 11.3 Å². The topological polar surface area (TPSA) is 75.6 Å². The Hall–Kier alpha value is -2.34. The van der Waals surface area contributed by atoms with E-state index < -0.39 is 0 Å². The van der Waals surface area contributed by atoms with E-state index in [0.29, 0.717) is 0 Å². The summed E-state index contributed by atoms with van der Waals surface area (Å²) in [6.07, 6.45) is 0. The number of carbonyl (C=O) groups excluding carboxylic acids is 1. The Morgan fingerprint density at radius 1 is 1.26 bits per heavy atom. The van der Waals surface area contributed by atoms with Crippen LogP contribution >= 0.6 is 0 Å². The molecule has 23 heavy (non-hydrogen) atoms. The zero-order valence-electron chi connectivity index (χ0n) is 13.3. The highest BCUT2D eigenvalue weighted by Crippen LogP contribution is 2.24. The van der Waals surface area contributed by atoms with Crippen LogP contribution in [0.4, 0.5) is 5.88 Å². The molecule has 1 atom stereocenters. The predicted octanol–water partition coefficient (Wildman–Crippen LogP) is 1.58. The van der Waals surface area contributed by atoms with Gasteiger partial charge in [0.1, 0.15) is 5.69 Å². The van der Waals surface area contributed by atoms with E-state index in [4.69, 9.17) is 10.3 Å². The molecule has 1 aromatic carbocycles. The fraction of sp³-hybridized carbons (Fsp3) is 0.412. The van der Waals surface area contributed by atoms with Crippen LogP contribution < -0.4 is 10.6 Å². The zero-order valence-corrected chi connectivity index (χ0v) is 13.3. The van der Waals surface area contributed by atoms with E-state index in [9.17, 15) is 4.79 Å². The molecule has 0 radical (unpaired) electrons. The number of nitrogens with zero attached hydrogens (tertiary/aromatic N) is 3. The number of primary amides is 1. The number of rotatable bonds is 5. The van der Waals surface area contributed by atoms with E-state index in [1.54, 1.807) is 0 Å². The van der Waals surface area contributed by atoms with Crippen LogP contribution in [0.2, 0.25) is 0 Å². The summed E-state index contributed by atoms with van der Waals surface area (Å²) >= 11 is 0. The van der Waals surface area contributed by atoms with Crippen molar-refractivity contribution in [3.8, 4) is 11.3 Å². The predicted molar refractivity (Wildman–Crippen MR) is 89.0 cm³/mol. The second-order valence-electron chi connectivity index (χ2n) is 6.01. The van der Waals surface area contributed by atoms with Gasteiger partial charge in [0.05, 0.1) is 0 Å². The fourth-order valence-corrected chi connectivity index (χ4v) is 2.79. The van der Waals surface area contributed by atoms with Crippen LogP contribution in [0.5, 0.6) is 0 Å². The summed E-state index contributed by atoms with van der Waals surface area (Å²) in [6, 6.07) is 12.0. The van der Waals surface area contributed by atoms with E-state index >= 15 is 0 Å². The van der Waals surface area contributed by atoms with Crippen molar-refractivity contribution in [2.45, 2.75) is 6.92 Å². The lowest BCUT2D eigenvalue weighted by molar-refractivity contribution is -0.121. The van der Waals surface area contributed by atoms with Crippen molar-refractivity contribution in [3.05, 3.63) is 36.4 Å². The summed E-state index contributed by atoms with van der Waals surface area (Å²) in [4.78, 5) is 15.6. The number of carbonyl (C=O) groups is 1. The van der Waals surface area contributed by atoms with E-state index in [1.165, 1.54) is 0 Å². The van der Waals surface area contributed by atoms with Crippen molar-refractivity contribution in [1.82, 2.24) is 10.1 Å². The molecule has 2 N–H and O–H groups in total. The Kier molecular flexibility index (Phi) is 4.62. The molecule has 3 rings (SSSR count). The largest absolute Gasteiger partial charge is 0.369 e. The molecule has 1 aliphatic rings. The lowest BCUT2D eigenvalue weighted by atomic mass is 10.1. The van der Waals surface area contributed by atoms with Crippen LogP contribution in [-0.2, 0) is 4.79 Å². The van der Waals surface area contributed by atoms with Gasteiger partial charge >= 0.3 is 0 Å². The minimum atomic E-state index is -0.241. The van der Waals surface area contributed by atoms with Gasteiger partial charge in [-0.2, -0.15) is 0 Å². The number of benzene rings is 1. The molecule has 0 bridgehead atoms. The first kappa shape index (κ1) is 15.6. The molecule has 0 spiro atoms. The van der Waals surface area contributed by atoms with Crippen LogP contribution in [0, 0.1) is 5.92 Å². The molecule has 6 heteroatoms. The number of piperazine rings is 1. The standard InChI is InChI=1S/C17H22N4O2/c1-13(17(18)22)12-20-7-9-21(10-8-20)16-11-15(19-23-16)14-5-3-2-4-6-14/h2-6,11,13H,7-10,12H2,1H3,(H2,18,22). The maximum absolute atomic E-state index is 11.2. The molecule has 2 heterocycles. The van der Waals surface area contributed by atoms with Crippen LogP contribution in [0.1, 0.15) is 6.92 Å². The van der Waals surface area contributed by atoms with Crippen molar-refractivity contribution in [3.63, 3.8) is 0 Å². The van der Waals surface area contributed by atoms with Gasteiger partial charge in [0.15, 0.2) is 0 Å². The molecular formula is C17H22N4O2. The Morgan fingerprint density at radius 3 is 2.61 bits per heavy atom. The third-order valence-electron chi connectivity index (χ3n) is 4.27. The molecule has 122 valence electrons. The number of hydrogen-bond acceptors (Lipinski definition) is 5. The summed E-state index contributed by atoms with van der Waals surface area (Å²) in [5.74, 6) is 0.443. The van der Waals surface area contributed by atoms with Crippen molar-refractivity contribution in [1.29, 1.82) is 0 Å². The molecule has 1 aliphatic heterocycles. The molecule has 1 amide bonds. The zero-order chi connectivity index (χ0) is 16.2. The average molecular weight is 314 g/mol. The Morgan fingerprint density at radius 2 is 1.96 bits per heavy atom. The van der Waals surface area contributed by atoms with Gasteiger partial charge in [-0.3, -0.25) is 9.69 Å². The Bertz CT molecular complexity index is 648. The number of hydrogen-bond donors (Lipinski definition) is 1. The quantitative estimate of drug-likeness (QED) is 0.907. The third-order valence-corrected chi connectivity index (χ3v) is 4.27. The van der Waals surface area contributed by atoms with Gasteiger partial charge in [-0.15, -0.1) is 0 Å². The van der Waals surface area contributed by atoms with Gasteiger partial charge in [0.2, 0.25) is 11.8 Å². The van der Waals surface area contributed by atoms with E-state index in [0.717, 1.165) is 49.9 Å². The third kappa shape index (κ3) is 3.71. The second kappa shape index (κ2) is 6.83. The number of aromatic nitrogens is 1. The summed E-state index contributed by atoms with van der Waals surface area (Å²) in [6.45, 7) is 6.08. The fourth-order valence-electron chi connectivity index (χ4n) is 2.79. The van der Waals surface area contributed by atoms with Gasteiger partial charge in [-0.05, 0) is 0 Å². The lowest BCUT2D eigenvalue weighted by Gasteiger charge is -2.35. The van der Waals surface area contributed by atoms with E-state index in [-0.39, 0.29) is 11.8 Å². The molecule has 1 aromatic heterocycles.